The van der Waals surface area contributed by atoms with Gasteiger partial charge in [0, 0.05) is 25.3 Å². The van der Waals surface area contributed by atoms with Crippen LogP contribution in [-0.2, 0) is 19.4 Å². The van der Waals surface area contributed by atoms with Gasteiger partial charge in [-0.25, -0.2) is 8.42 Å². The molecule has 2 rings (SSSR count). The number of hydrogen-bond donors (Lipinski definition) is 1. The number of Topliss-reactive ketones (excluding diaryl/α,β-unsaturated/α-hetero) is 1. The molecule has 1 aliphatic heterocycles. The molecule has 0 aromatic rings. The van der Waals surface area contributed by atoms with Gasteiger partial charge in [-0.2, -0.15) is 0 Å². The molecule has 2 aliphatic rings. The summed E-state index contributed by atoms with van der Waals surface area (Å²) in [6.45, 7) is 1.89. The zero-order valence-electron chi connectivity index (χ0n) is 10.7. The van der Waals surface area contributed by atoms with Crippen LogP contribution in [-0.4, -0.2) is 51.5 Å². The van der Waals surface area contributed by atoms with Crippen LogP contribution in [0, 0.1) is 5.92 Å². The molecule has 1 N–H and O–H groups in total. The first kappa shape index (κ1) is 14.0. The number of sulfone groups is 1. The predicted molar refractivity (Wildman–Crippen MR) is 68.2 cm³/mol. The molecule has 0 aromatic carbocycles. The Balaban J connectivity index is 1.97. The van der Waals surface area contributed by atoms with E-state index in [1.165, 1.54) is 6.26 Å². The molecule has 2 fully saturated rings. The lowest BCUT2D eigenvalue weighted by Crippen LogP contribution is -2.46. The van der Waals surface area contributed by atoms with Gasteiger partial charge in [0.15, 0.2) is 5.78 Å². The van der Waals surface area contributed by atoms with E-state index in [2.05, 4.69) is 5.32 Å². The van der Waals surface area contributed by atoms with E-state index in [4.69, 9.17) is 4.74 Å². The SMILES string of the molecule is CS(=O)(=O)C1CCCC(C(=O)C2CNCCO2)C1. The normalized spacial score (nSPS) is 34.2. The molecule has 1 saturated heterocycles. The summed E-state index contributed by atoms with van der Waals surface area (Å²) in [5, 5.41) is 2.78. The van der Waals surface area contributed by atoms with Gasteiger partial charge >= 0.3 is 0 Å². The van der Waals surface area contributed by atoms with E-state index < -0.39 is 9.84 Å². The molecule has 1 heterocycles. The summed E-state index contributed by atoms with van der Waals surface area (Å²) in [4.78, 5) is 12.3. The number of hydrogen-bond acceptors (Lipinski definition) is 5. The van der Waals surface area contributed by atoms with Crippen molar-refractivity contribution in [3.8, 4) is 0 Å². The van der Waals surface area contributed by atoms with Gasteiger partial charge in [0.2, 0.25) is 0 Å². The largest absolute Gasteiger partial charge is 0.368 e. The van der Waals surface area contributed by atoms with Gasteiger partial charge in [-0.15, -0.1) is 0 Å². The van der Waals surface area contributed by atoms with Crippen LogP contribution in [0.15, 0.2) is 0 Å². The van der Waals surface area contributed by atoms with Crippen LogP contribution in [0.3, 0.4) is 0 Å². The fraction of sp³-hybridized carbons (Fsp3) is 0.917. The Morgan fingerprint density at radius 3 is 2.72 bits per heavy atom. The van der Waals surface area contributed by atoms with E-state index in [0.29, 0.717) is 26.0 Å². The Bertz CT molecular complexity index is 400. The van der Waals surface area contributed by atoms with Crippen LogP contribution < -0.4 is 5.32 Å². The fourth-order valence-corrected chi connectivity index (χ4v) is 3.98. The fourth-order valence-electron chi connectivity index (χ4n) is 2.80. The second kappa shape index (κ2) is 5.67. The highest BCUT2D eigenvalue weighted by atomic mass is 32.2. The van der Waals surface area contributed by atoms with Crippen molar-refractivity contribution in [2.75, 3.05) is 26.0 Å². The van der Waals surface area contributed by atoms with Crippen molar-refractivity contribution in [2.45, 2.75) is 37.0 Å². The number of morpholine rings is 1. The van der Waals surface area contributed by atoms with E-state index in [0.717, 1.165) is 19.4 Å². The minimum absolute atomic E-state index is 0.0792. The van der Waals surface area contributed by atoms with Crippen molar-refractivity contribution < 1.29 is 17.9 Å². The molecule has 1 saturated carbocycles. The van der Waals surface area contributed by atoms with Gasteiger partial charge in [-0.3, -0.25) is 4.79 Å². The molecule has 5 nitrogen and oxygen atoms in total. The van der Waals surface area contributed by atoms with Crippen molar-refractivity contribution >= 4 is 15.6 Å². The third-order valence-electron chi connectivity index (χ3n) is 3.88. The third kappa shape index (κ3) is 3.30. The maximum atomic E-state index is 12.3. The number of nitrogens with one attached hydrogen (secondary N) is 1. The average molecular weight is 275 g/mol. The Kier molecular flexibility index (Phi) is 4.40. The van der Waals surface area contributed by atoms with Gasteiger partial charge in [0.25, 0.3) is 0 Å². The molecule has 0 amide bonds. The highest BCUT2D eigenvalue weighted by Gasteiger charge is 2.36. The van der Waals surface area contributed by atoms with E-state index in [1.807, 2.05) is 0 Å². The Hall–Kier alpha value is -0.460. The number of ether oxygens (including phenoxy) is 1. The van der Waals surface area contributed by atoms with Crippen LogP contribution in [0.25, 0.3) is 0 Å². The molecule has 18 heavy (non-hydrogen) atoms. The minimum Gasteiger partial charge on any atom is -0.368 e. The number of carbonyl (C=O) groups excluding carboxylic acids is 1. The lowest BCUT2D eigenvalue weighted by Gasteiger charge is -2.31. The summed E-state index contributed by atoms with van der Waals surface area (Å²) >= 11 is 0. The van der Waals surface area contributed by atoms with Crippen molar-refractivity contribution in [3.05, 3.63) is 0 Å². The molecule has 6 heteroatoms. The maximum Gasteiger partial charge on any atom is 0.165 e. The molecule has 0 bridgehead atoms. The summed E-state index contributed by atoms with van der Waals surface area (Å²) in [7, 11) is -3.03. The first-order chi connectivity index (χ1) is 8.48. The standard InChI is InChI=1S/C12H21NO4S/c1-18(15,16)10-4-2-3-9(7-10)12(14)11-8-13-5-6-17-11/h9-11,13H,2-8H2,1H3. The molecular formula is C12H21NO4S. The third-order valence-corrected chi connectivity index (χ3v) is 5.52. The van der Waals surface area contributed by atoms with Crippen LogP contribution in [0.2, 0.25) is 0 Å². The van der Waals surface area contributed by atoms with Crippen molar-refractivity contribution in [3.63, 3.8) is 0 Å². The molecule has 0 spiro atoms. The Morgan fingerprint density at radius 2 is 2.11 bits per heavy atom. The van der Waals surface area contributed by atoms with Gasteiger partial charge in [-0.1, -0.05) is 6.42 Å². The molecule has 104 valence electrons. The summed E-state index contributed by atoms with van der Waals surface area (Å²) in [5.74, 6) is -0.0704. The van der Waals surface area contributed by atoms with Crippen LogP contribution >= 0.6 is 0 Å². The van der Waals surface area contributed by atoms with E-state index >= 15 is 0 Å². The smallest absolute Gasteiger partial charge is 0.165 e. The lowest BCUT2D eigenvalue weighted by molar-refractivity contribution is -0.137. The Morgan fingerprint density at radius 1 is 1.33 bits per heavy atom. The van der Waals surface area contributed by atoms with Crippen molar-refractivity contribution in [2.24, 2.45) is 5.92 Å². The maximum absolute atomic E-state index is 12.3. The summed E-state index contributed by atoms with van der Waals surface area (Å²) < 4.78 is 28.6. The molecule has 3 atom stereocenters. The average Bonchev–Trinajstić information content (AvgIpc) is 2.38. The van der Waals surface area contributed by atoms with E-state index in [9.17, 15) is 13.2 Å². The second-order valence-corrected chi connectivity index (χ2v) is 7.61. The highest BCUT2D eigenvalue weighted by Crippen LogP contribution is 2.30. The molecular weight excluding hydrogens is 254 g/mol. The molecule has 0 aromatic heterocycles. The summed E-state index contributed by atoms with van der Waals surface area (Å²) in [6.07, 6.45) is 3.65. The molecule has 3 unspecified atom stereocenters. The van der Waals surface area contributed by atoms with Crippen molar-refractivity contribution in [1.29, 1.82) is 0 Å². The second-order valence-electron chi connectivity index (χ2n) is 5.28. The topological polar surface area (TPSA) is 72.5 Å². The zero-order valence-corrected chi connectivity index (χ0v) is 11.5. The molecule has 0 radical (unpaired) electrons. The zero-order chi connectivity index (χ0) is 13.2. The summed E-state index contributed by atoms with van der Waals surface area (Å²) in [5.41, 5.74) is 0. The van der Waals surface area contributed by atoms with Gasteiger partial charge < -0.3 is 10.1 Å². The van der Waals surface area contributed by atoms with Crippen LogP contribution in [0.1, 0.15) is 25.7 Å². The summed E-state index contributed by atoms with van der Waals surface area (Å²) in [6, 6.07) is 0. The van der Waals surface area contributed by atoms with Gasteiger partial charge in [0.05, 0.1) is 11.9 Å². The number of ketones is 1. The van der Waals surface area contributed by atoms with E-state index in [1.54, 1.807) is 0 Å². The van der Waals surface area contributed by atoms with Crippen LogP contribution in [0.5, 0.6) is 0 Å². The van der Waals surface area contributed by atoms with Gasteiger partial charge in [0.1, 0.15) is 15.9 Å². The van der Waals surface area contributed by atoms with Crippen molar-refractivity contribution in [1.82, 2.24) is 5.32 Å². The number of carbonyl (C=O) groups is 1. The Labute approximate surface area is 108 Å². The lowest BCUT2D eigenvalue weighted by atomic mass is 9.84. The quantitative estimate of drug-likeness (QED) is 0.793. The highest BCUT2D eigenvalue weighted by molar-refractivity contribution is 7.91. The molecule has 1 aliphatic carbocycles. The van der Waals surface area contributed by atoms with Crippen LogP contribution in [0.4, 0.5) is 0 Å². The van der Waals surface area contributed by atoms with E-state index in [-0.39, 0.29) is 23.1 Å². The monoisotopic (exact) mass is 275 g/mol. The first-order valence-corrected chi connectivity index (χ1v) is 8.49. The number of rotatable bonds is 3. The van der Waals surface area contributed by atoms with Gasteiger partial charge in [-0.05, 0) is 19.3 Å². The first-order valence-electron chi connectivity index (χ1n) is 6.53. The minimum atomic E-state index is -3.03. The predicted octanol–water partition coefficient (Wildman–Crippen LogP) is 0.147.